The van der Waals surface area contributed by atoms with Crippen LogP contribution in [0, 0.1) is 18.3 Å². The third kappa shape index (κ3) is 3.86. The summed E-state index contributed by atoms with van der Waals surface area (Å²) in [5.74, 6) is -0.604. The van der Waals surface area contributed by atoms with Gasteiger partial charge in [0.25, 0.3) is 0 Å². The Labute approximate surface area is 131 Å². The third-order valence-electron chi connectivity index (χ3n) is 3.21. The molecule has 2 rings (SSSR count). The molecule has 2 aromatic carbocycles. The number of allylic oxidation sites excluding steroid dienone is 1. The first-order chi connectivity index (χ1) is 10.8. The maximum absolute atomic E-state index is 13.0. The number of hydrogen-bond acceptors (Lipinski definition) is 2. The largest absolute Gasteiger partial charge is 0.416 e. The van der Waals surface area contributed by atoms with E-state index < -0.39 is 17.5 Å². The average molecular weight is 315 g/mol. The van der Waals surface area contributed by atoms with Crippen LogP contribution in [0.25, 0.3) is 6.08 Å². The maximum Gasteiger partial charge on any atom is 0.416 e. The Hall–Kier alpha value is -2.87. The molecule has 0 aliphatic rings. The van der Waals surface area contributed by atoms with Crippen molar-refractivity contribution in [3.63, 3.8) is 0 Å². The van der Waals surface area contributed by atoms with Crippen LogP contribution in [0.1, 0.15) is 27.0 Å². The van der Waals surface area contributed by atoms with E-state index in [4.69, 9.17) is 5.26 Å². The van der Waals surface area contributed by atoms with Crippen LogP contribution in [0.4, 0.5) is 13.2 Å². The molecule has 0 unspecified atom stereocenters. The van der Waals surface area contributed by atoms with E-state index in [2.05, 4.69) is 0 Å². The zero-order chi connectivity index (χ0) is 17.0. The summed E-state index contributed by atoms with van der Waals surface area (Å²) >= 11 is 0. The molecule has 0 aromatic heterocycles. The fourth-order valence-corrected chi connectivity index (χ4v) is 2.13. The molecular formula is C18H12F3NO. The van der Waals surface area contributed by atoms with E-state index in [9.17, 15) is 18.0 Å². The Balaban J connectivity index is 2.49. The molecule has 0 N–H and O–H groups in total. The van der Waals surface area contributed by atoms with Gasteiger partial charge >= 0.3 is 6.18 Å². The Morgan fingerprint density at radius 1 is 1.13 bits per heavy atom. The van der Waals surface area contributed by atoms with E-state index in [-0.39, 0.29) is 16.7 Å². The van der Waals surface area contributed by atoms with Crippen molar-refractivity contribution in [2.24, 2.45) is 0 Å². The number of carbonyl (C=O) groups excluding carboxylic acids is 1. The molecular weight excluding hydrogens is 303 g/mol. The summed E-state index contributed by atoms with van der Waals surface area (Å²) in [5.41, 5.74) is -0.347. The van der Waals surface area contributed by atoms with E-state index in [0.717, 1.165) is 17.7 Å². The number of rotatable bonds is 3. The van der Waals surface area contributed by atoms with Gasteiger partial charge in [-0.05, 0) is 30.7 Å². The summed E-state index contributed by atoms with van der Waals surface area (Å²) in [7, 11) is 0. The van der Waals surface area contributed by atoms with Crippen LogP contribution < -0.4 is 0 Å². The summed E-state index contributed by atoms with van der Waals surface area (Å²) in [4.78, 5) is 12.3. The van der Waals surface area contributed by atoms with Crippen LogP contribution in [0.3, 0.4) is 0 Å². The first kappa shape index (κ1) is 16.5. The molecule has 2 aromatic rings. The Kier molecular flexibility index (Phi) is 4.65. The van der Waals surface area contributed by atoms with Crippen LogP contribution in [0.5, 0.6) is 0 Å². The molecule has 0 radical (unpaired) electrons. The van der Waals surface area contributed by atoms with E-state index in [1.165, 1.54) is 24.3 Å². The summed E-state index contributed by atoms with van der Waals surface area (Å²) in [6.07, 6.45) is -3.58. The maximum atomic E-state index is 13.0. The second-order valence-corrected chi connectivity index (χ2v) is 4.95. The molecule has 0 atom stereocenters. The van der Waals surface area contributed by atoms with Gasteiger partial charge in [0.15, 0.2) is 0 Å². The number of ketones is 1. The smallest absolute Gasteiger partial charge is 0.288 e. The van der Waals surface area contributed by atoms with E-state index in [1.807, 2.05) is 0 Å². The normalized spacial score (nSPS) is 11.9. The fourth-order valence-electron chi connectivity index (χ4n) is 2.13. The van der Waals surface area contributed by atoms with Gasteiger partial charge < -0.3 is 0 Å². The van der Waals surface area contributed by atoms with Gasteiger partial charge in [-0.1, -0.05) is 42.0 Å². The molecule has 0 saturated carbocycles. The van der Waals surface area contributed by atoms with E-state index >= 15 is 0 Å². The molecule has 116 valence electrons. The van der Waals surface area contributed by atoms with Crippen molar-refractivity contribution in [2.75, 3.05) is 0 Å². The summed E-state index contributed by atoms with van der Waals surface area (Å²) in [5, 5.41) is 9.16. The van der Waals surface area contributed by atoms with Crippen molar-refractivity contribution in [3.8, 4) is 6.07 Å². The molecule has 0 heterocycles. The highest BCUT2D eigenvalue weighted by Gasteiger charge is 2.32. The topological polar surface area (TPSA) is 40.9 Å². The number of aryl methyl sites for hydroxylation is 1. The van der Waals surface area contributed by atoms with Gasteiger partial charge in [-0.25, -0.2) is 0 Å². The van der Waals surface area contributed by atoms with Crippen LogP contribution in [-0.4, -0.2) is 5.78 Å². The Morgan fingerprint density at radius 3 is 2.43 bits per heavy atom. The standard InChI is InChI=1S/C18H12F3NO/c1-12-5-4-7-14(9-12)17(23)15(11-22)10-13-6-2-3-8-16(13)18(19,20)21/h2-10H,1H3/b15-10+. The van der Waals surface area contributed by atoms with Crippen molar-refractivity contribution in [1.82, 2.24) is 0 Å². The number of nitriles is 1. The van der Waals surface area contributed by atoms with Crippen LogP contribution in [-0.2, 0) is 6.18 Å². The first-order valence-corrected chi connectivity index (χ1v) is 6.72. The first-order valence-electron chi connectivity index (χ1n) is 6.72. The molecule has 0 spiro atoms. The number of hydrogen-bond donors (Lipinski definition) is 0. The van der Waals surface area contributed by atoms with Crippen LogP contribution >= 0.6 is 0 Å². The quantitative estimate of drug-likeness (QED) is 0.463. The lowest BCUT2D eigenvalue weighted by atomic mass is 9.98. The zero-order valence-electron chi connectivity index (χ0n) is 12.2. The van der Waals surface area contributed by atoms with Gasteiger partial charge in [0.2, 0.25) is 5.78 Å². The lowest BCUT2D eigenvalue weighted by Gasteiger charge is -2.10. The number of nitrogens with zero attached hydrogens (tertiary/aromatic N) is 1. The van der Waals surface area contributed by atoms with Crippen molar-refractivity contribution >= 4 is 11.9 Å². The highest BCUT2D eigenvalue weighted by atomic mass is 19.4. The van der Waals surface area contributed by atoms with E-state index in [1.54, 1.807) is 31.2 Å². The summed E-state index contributed by atoms with van der Waals surface area (Å²) < 4.78 is 38.9. The monoisotopic (exact) mass is 315 g/mol. The predicted molar refractivity (Wildman–Crippen MR) is 80.5 cm³/mol. The Morgan fingerprint density at radius 2 is 1.83 bits per heavy atom. The summed E-state index contributed by atoms with van der Waals surface area (Å²) in [6.45, 7) is 1.78. The minimum absolute atomic E-state index is 0.211. The zero-order valence-corrected chi connectivity index (χ0v) is 12.2. The molecule has 23 heavy (non-hydrogen) atoms. The summed E-state index contributed by atoms with van der Waals surface area (Å²) in [6, 6.07) is 13.1. The van der Waals surface area contributed by atoms with E-state index in [0.29, 0.717) is 0 Å². The molecule has 0 aliphatic heterocycles. The number of halogens is 3. The van der Waals surface area contributed by atoms with Gasteiger partial charge in [0.1, 0.15) is 11.6 Å². The van der Waals surface area contributed by atoms with Crippen LogP contribution in [0.15, 0.2) is 54.1 Å². The second-order valence-electron chi connectivity index (χ2n) is 4.95. The van der Waals surface area contributed by atoms with Crippen molar-refractivity contribution in [3.05, 3.63) is 76.4 Å². The second kappa shape index (κ2) is 6.49. The van der Waals surface area contributed by atoms with Gasteiger partial charge in [0, 0.05) is 5.56 Å². The average Bonchev–Trinajstić information content (AvgIpc) is 2.51. The van der Waals surface area contributed by atoms with Gasteiger partial charge in [-0.3, -0.25) is 4.79 Å². The molecule has 0 saturated heterocycles. The van der Waals surface area contributed by atoms with Gasteiger partial charge in [-0.2, -0.15) is 18.4 Å². The predicted octanol–water partition coefficient (Wildman–Crippen LogP) is 4.80. The third-order valence-corrected chi connectivity index (χ3v) is 3.21. The highest BCUT2D eigenvalue weighted by molar-refractivity contribution is 6.14. The number of alkyl halides is 3. The minimum atomic E-state index is -4.56. The lowest BCUT2D eigenvalue weighted by Crippen LogP contribution is -2.08. The van der Waals surface area contributed by atoms with Crippen molar-refractivity contribution in [2.45, 2.75) is 13.1 Å². The number of Topliss-reactive ketones (excluding diaryl/α,β-unsaturated/α-hetero) is 1. The molecule has 0 aliphatic carbocycles. The number of carbonyl (C=O) groups is 1. The number of benzene rings is 2. The molecule has 2 nitrogen and oxygen atoms in total. The highest BCUT2D eigenvalue weighted by Crippen LogP contribution is 2.33. The Bertz CT molecular complexity index is 814. The molecule has 0 fully saturated rings. The molecule has 0 bridgehead atoms. The van der Waals surface area contributed by atoms with Gasteiger partial charge in [0.05, 0.1) is 5.56 Å². The molecule has 0 amide bonds. The fraction of sp³-hybridized carbons (Fsp3) is 0.111. The van der Waals surface area contributed by atoms with Crippen molar-refractivity contribution < 1.29 is 18.0 Å². The van der Waals surface area contributed by atoms with Gasteiger partial charge in [-0.15, -0.1) is 0 Å². The SMILES string of the molecule is Cc1cccc(C(=O)/C(C#N)=C/c2ccccc2C(F)(F)F)c1. The minimum Gasteiger partial charge on any atom is -0.288 e. The van der Waals surface area contributed by atoms with Crippen molar-refractivity contribution in [1.29, 1.82) is 5.26 Å². The molecule has 5 heteroatoms. The lowest BCUT2D eigenvalue weighted by molar-refractivity contribution is -0.137. The van der Waals surface area contributed by atoms with Crippen LogP contribution in [0.2, 0.25) is 0 Å².